The van der Waals surface area contributed by atoms with Crippen LogP contribution in [0.15, 0.2) is 10.9 Å². The number of thiazole rings is 1. The maximum atomic E-state index is 12.0. The summed E-state index contributed by atoms with van der Waals surface area (Å²) in [5, 5.41) is 13.7. The molecule has 0 radical (unpaired) electrons. The van der Waals surface area contributed by atoms with Gasteiger partial charge in [0.25, 0.3) is 0 Å². The first-order chi connectivity index (χ1) is 12.7. The van der Waals surface area contributed by atoms with Crippen LogP contribution in [0.25, 0.3) is 6.08 Å². The quantitative estimate of drug-likeness (QED) is 0.717. The summed E-state index contributed by atoms with van der Waals surface area (Å²) in [6.45, 7) is 13.2. The Bertz CT molecular complexity index is 765. The highest BCUT2D eigenvalue weighted by atomic mass is 32.1. The van der Waals surface area contributed by atoms with Gasteiger partial charge in [-0.3, -0.25) is 0 Å². The van der Waals surface area contributed by atoms with Gasteiger partial charge in [0.2, 0.25) is 0 Å². The van der Waals surface area contributed by atoms with E-state index in [1.807, 2.05) is 27.7 Å². The van der Waals surface area contributed by atoms with E-state index in [2.05, 4.69) is 10.3 Å². The van der Waals surface area contributed by atoms with Crippen molar-refractivity contribution in [3.05, 3.63) is 21.6 Å². The van der Waals surface area contributed by atoms with Crippen LogP contribution in [0.3, 0.4) is 0 Å². The number of carbonyl (C=O) groups excluding carboxylic acids is 1. The molecule has 8 nitrogen and oxygen atoms in total. The lowest BCUT2D eigenvalue weighted by Crippen LogP contribution is -2.41. The molecule has 10 heteroatoms. The first-order valence-corrected chi connectivity index (χ1v) is 9.80. The van der Waals surface area contributed by atoms with Gasteiger partial charge in [0, 0.05) is 11.9 Å². The minimum absolute atomic E-state index is 0.0374. The number of rotatable bonds is 5. The molecular weight excluding hydrogens is 383 g/mol. The van der Waals surface area contributed by atoms with E-state index in [4.69, 9.17) is 19.2 Å². The first kappa shape index (κ1) is 22.4. The molecule has 2 rings (SSSR count). The Balaban J connectivity index is 2.24. The van der Waals surface area contributed by atoms with Gasteiger partial charge in [0.05, 0.1) is 11.2 Å². The second-order valence-electron chi connectivity index (χ2n) is 8.54. The van der Waals surface area contributed by atoms with E-state index in [1.54, 1.807) is 26.8 Å². The van der Waals surface area contributed by atoms with Gasteiger partial charge in [-0.2, -0.15) is 0 Å². The smallest absolute Gasteiger partial charge is 0.476 e. The molecule has 0 bridgehead atoms. The van der Waals surface area contributed by atoms with E-state index in [1.165, 1.54) is 16.7 Å². The van der Waals surface area contributed by atoms with Gasteiger partial charge in [-0.15, -0.1) is 11.3 Å². The van der Waals surface area contributed by atoms with E-state index >= 15 is 0 Å². The summed E-state index contributed by atoms with van der Waals surface area (Å²) in [7, 11) is -0.711. The largest absolute Gasteiger partial charge is 0.492 e. The molecule has 1 aromatic heterocycles. The number of carbonyl (C=O) groups is 2. The maximum absolute atomic E-state index is 12.0. The second-order valence-corrected chi connectivity index (χ2v) is 9.43. The third kappa shape index (κ3) is 5.56. The van der Waals surface area contributed by atoms with E-state index < -0.39 is 36.0 Å². The third-order valence-electron chi connectivity index (χ3n) is 4.44. The number of hydrogen-bond acceptors (Lipinski definition) is 7. The summed E-state index contributed by atoms with van der Waals surface area (Å²) < 4.78 is 17.4. The summed E-state index contributed by atoms with van der Waals surface area (Å²) in [6.07, 6.45) is 1.11. The van der Waals surface area contributed by atoms with Crippen LogP contribution in [0, 0.1) is 0 Å². The van der Waals surface area contributed by atoms with Crippen molar-refractivity contribution in [2.45, 2.75) is 65.3 Å². The fraction of sp³-hybridized carbons (Fsp3) is 0.611. The summed E-state index contributed by atoms with van der Waals surface area (Å²) in [5.74, 6) is -1.10. The number of ether oxygens (including phenoxy) is 1. The molecule has 0 spiro atoms. The monoisotopic (exact) mass is 410 g/mol. The van der Waals surface area contributed by atoms with Crippen LogP contribution in [-0.2, 0) is 14.0 Å². The standard InChI is InChI=1S/C18H27BN2O6S/c1-16(2,3)25-15(24)20-9-11(8-13-21-12(10-28-13)14(22)23)19-26-17(4,5)18(6,7)27-19/h8,10H,9H2,1-7H3,(H,20,24)(H,22,23). The average Bonchev–Trinajstić information content (AvgIpc) is 3.04. The van der Waals surface area contributed by atoms with Crippen molar-refractivity contribution in [2.24, 2.45) is 0 Å². The van der Waals surface area contributed by atoms with E-state index in [9.17, 15) is 9.59 Å². The summed E-state index contributed by atoms with van der Waals surface area (Å²) in [5.41, 5.74) is -1.17. The van der Waals surface area contributed by atoms with Gasteiger partial charge in [0.15, 0.2) is 5.69 Å². The van der Waals surface area contributed by atoms with Crippen LogP contribution in [0.4, 0.5) is 4.79 Å². The number of alkyl carbamates (subject to hydrolysis) is 1. The number of nitrogens with one attached hydrogen (secondary N) is 1. The molecule has 0 aromatic carbocycles. The highest BCUT2D eigenvalue weighted by molar-refractivity contribution is 7.10. The normalized spacial score (nSPS) is 18.8. The minimum Gasteiger partial charge on any atom is -0.476 e. The van der Waals surface area contributed by atoms with Crippen molar-refractivity contribution in [1.82, 2.24) is 10.3 Å². The van der Waals surface area contributed by atoms with Crippen LogP contribution in [0.1, 0.15) is 64.0 Å². The van der Waals surface area contributed by atoms with E-state index in [0.717, 1.165) is 0 Å². The molecule has 154 valence electrons. The molecule has 1 aromatic rings. The van der Waals surface area contributed by atoms with Gasteiger partial charge >= 0.3 is 19.2 Å². The average molecular weight is 410 g/mol. The van der Waals surface area contributed by atoms with Gasteiger partial charge in [0.1, 0.15) is 10.6 Å². The van der Waals surface area contributed by atoms with Gasteiger partial charge in [-0.1, -0.05) is 0 Å². The Kier molecular flexibility index (Phi) is 6.27. The number of nitrogens with zero attached hydrogens (tertiary/aromatic N) is 1. The Morgan fingerprint density at radius 1 is 1.29 bits per heavy atom. The molecule has 1 fully saturated rings. The highest BCUT2D eigenvalue weighted by Gasteiger charge is 2.52. The lowest BCUT2D eigenvalue weighted by Gasteiger charge is -2.32. The molecule has 2 N–H and O–H groups in total. The third-order valence-corrected chi connectivity index (χ3v) is 5.23. The predicted octanol–water partition coefficient (Wildman–Crippen LogP) is 3.38. The van der Waals surface area contributed by atoms with Crippen LogP contribution in [0.2, 0.25) is 0 Å². The fourth-order valence-electron chi connectivity index (χ4n) is 2.30. The number of carboxylic acids is 1. The molecule has 1 saturated heterocycles. The highest BCUT2D eigenvalue weighted by Crippen LogP contribution is 2.38. The zero-order chi connectivity index (χ0) is 21.3. The number of aromatic carboxylic acids is 1. The molecule has 1 aliphatic rings. The van der Waals surface area contributed by atoms with Crippen molar-refractivity contribution in [1.29, 1.82) is 0 Å². The molecule has 0 unspecified atom stereocenters. The molecule has 1 aliphatic heterocycles. The molecule has 0 aliphatic carbocycles. The second kappa shape index (κ2) is 7.84. The van der Waals surface area contributed by atoms with Crippen LogP contribution >= 0.6 is 11.3 Å². The summed E-state index contributed by atoms with van der Waals surface area (Å²) >= 11 is 1.19. The predicted molar refractivity (Wildman–Crippen MR) is 107 cm³/mol. The molecule has 0 atom stereocenters. The number of amides is 1. The number of hydrogen-bond donors (Lipinski definition) is 2. The van der Waals surface area contributed by atoms with Crippen molar-refractivity contribution >= 4 is 36.6 Å². The Hall–Kier alpha value is -1.91. The van der Waals surface area contributed by atoms with E-state index in [0.29, 0.717) is 10.5 Å². The van der Waals surface area contributed by atoms with Gasteiger partial charge < -0.3 is 24.5 Å². The maximum Gasteiger partial charge on any atom is 0.492 e. The SMILES string of the molecule is CC(C)(C)OC(=O)NCC(=Cc1nc(C(=O)O)cs1)B1OC(C)(C)C(C)(C)O1. The van der Waals surface area contributed by atoms with Crippen LogP contribution < -0.4 is 5.32 Å². The molecule has 1 amide bonds. The van der Waals surface area contributed by atoms with Crippen molar-refractivity contribution in [3.63, 3.8) is 0 Å². The van der Waals surface area contributed by atoms with Crippen molar-refractivity contribution < 1.29 is 28.7 Å². The molecule has 0 saturated carbocycles. The van der Waals surface area contributed by atoms with Crippen molar-refractivity contribution in [2.75, 3.05) is 6.54 Å². The topological polar surface area (TPSA) is 107 Å². The summed E-state index contributed by atoms with van der Waals surface area (Å²) in [4.78, 5) is 27.2. The van der Waals surface area contributed by atoms with Crippen molar-refractivity contribution in [3.8, 4) is 0 Å². The van der Waals surface area contributed by atoms with Crippen LogP contribution in [-0.4, -0.2) is 52.6 Å². The summed E-state index contributed by atoms with van der Waals surface area (Å²) in [6, 6.07) is 0. The van der Waals surface area contributed by atoms with Gasteiger partial charge in [-0.05, 0) is 60.0 Å². The molecular formula is C18H27BN2O6S. The lowest BCUT2D eigenvalue weighted by atomic mass is 9.77. The number of carboxylic acid groups (broad SMARTS) is 1. The molecule has 2 heterocycles. The lowest BCUT2D eigenvalue weighted by molar-refractivity contribution is 0.00578. The first-order valence-electron chi connectivity index (χ1n) is 8.92. The zero-order valence-corrected chi connectivity index (χ0v) is 18.1. The van der Waals surface area contributed by atoms with Gasteiger partial charge in [-0.25, -0.2) is 14.6 Å². The number of aromatic nitrogens is 1. The Morgan fingerprint density at radius 2 is 1.86 bits per heavy atom. The fourth-order valence-corrected chi connectivity index (χ4v) is 3.05. The minimum atomic E-state index is -1.10. The molecule has 28 heavy (non-hydrogen) atoms. The van der Waals surface area contributed by atoms with E-state index in [-0.39, 0.29) is 12.2 Å². The Labute approximate surface area is 169 Å². The van der Waals surface area contributed by atoms with Crippen LogP contribution in [0.5, 0.6) is 0 Å². The zero-order valence-electron chi connectivity index (χ0n) is 17.3. The Morgan fingerprint density at radius 3 is 2.32 bits per heavy atom.